The van der Waals surface area contributed by atoms with Crippen LogP contribution >= 0.6 is 0 Å². The minimum absolute atomic E-state index is 0.0421. The summed E-state index contributed by atoms with van der Waals surface area (Å²) in [6, 6.07) is 9.02. The summed E-state index contributed by atoms with van der Waals surface area (Å²) in [5.41, 5.74) is 1.75. The molecule has 0 saturated heterocycles. The monoisotopic (exact) mass is 730 g/mol. The van der Waals surface area contributed by atoms with Gasteiger partial charge in [0.1, 0.15) is 6.10 Å². The SMILES string of the molecule is CC1(C)CC[C@]2(C(=O)O)CC[C@]3(C)C(=CC[C@@H]4[C@@]5(C)CC[C@H](OC(=O)CCC(=O)OCc6c(-c7ccccc7)no[n+]6[O-])C(C)(C)[C@@H]5CC[C@]43C)[C@@H]2C1. The largest absolute Gasteiger partial charge is 0.481 e. The number of esters is 2. The molecule has 7 rings (SSSR count). The van der Waals surface area contributed by atoms with Crippen molar-refractivity contribution in [1.29, 1.82) is 0 Å². The van der Waals surface area contributed by atoms with E-state index < -0.39 is 23.3 Å². The Hall–Kier alpha value is -3.69. The van der Waals surface area contributed by atoms with Crippen molar-refractivity contribution in [2.75, 3.05) is 0 Å². The highest BCUT2D eigenvalue weighted by molar-refractivity contribution is 5.78. The van der Waals surface area contributed by atoms with Gasteiger partial charge in [0, 0.05) is 16.1 Å². The maximum absolute atomic E-state index is 13.2. The number of benzene rings is 1. The van der Waals surface area contributed by atoms with Crippen molar-refractivity contribution >= 4 is 17.9 Å². The van der Waals surface area contributed by atoms with Crippen LogP contribution in [0.5, 0.6) is 0 Å². The quantitative estimate of drug-likeness (QED) is 0.160. The van der Waals surface area contributed by atoms with Gasteiger partial charge in [-0.15, -0.1) is 0 Å². The Balaban J connectivity index is 1.01. The molecule has 1 aromatic carbocycles. The molecule has 0 spiro atoms. The number of aromatic nitrogens is 2. The second kappa shape index (κ2) is 13.0. The van der Waals surface area contributed by atoms with Crippen LogP contribution < -0.4 is 4.90 Å². The highest BCUT2D eigenvalue weighted by atomic mass is 16.8. The van der Waals surface area contributed by atoms with E-state index in [-0.39, 0.29) is 69.1 Å². The number of rotatable bonds is 8. The molecular formula is C43H58N2O8. The molecule has 2 aromatic rings. The highest BCUT2D eigenvalue weighted by Gasteiger charge is 2.69. The first-order valence-corrected chi connectivity index (χ1v) is 19.8. The Kier molecular flexibility index (Phi) is 9.21. The summed E-state index contributed by atoms with van der Waals surface area (Å²) in [6.45, 7) is 16.3. The van der Waals surface area contributed by atoms with Crippen molar-refractivity contribution in [3.05, 3.63) is 52.9 Å². The molecule has 5 aliphatic rings. The van der Waals surface area contributed by atoms with Crippen molar-refractivity contribution in [2.24, 2.45) is 50.2 Å². The minimum atomic E-state index is -0.644. The minimum Gasteiger partial charge on any atom is -0.481 e. The predicted molar refractivity (Wildman–Crippen MR) is 196 cm³/mol. The number of allylic oxidation sites excluding steroid dienone is 2. The van der Waals surface area contributed by atoms with Gasteiger partial charge in [-0.25, -0.2) is 0 Å². The van der Waals surface area contributed by atoms with Crippen LogP contribution in [0.15, 0.2) is 46.6 Å². The molecule has 1 N–H and O–H groups in total. The second-order valence-corrected chi connectivity index (χ2v) is 19.3. The van der Waals surface area contributed by atoms with E-state index in [0.717, 1.165) is 64.2 Å². The van der Waals surface area contributed by atoms with Crippen LogP contribution in [0.2, 0.25) is 0 Å². The average Bonchev–Trinajstić information content (AvgIpc) is 3.47. The Morgan fingerprint density at radius 2 is 1.60 bits per heavy atom. The van der Waals surface area contributed by atoms with Gasteiger partial charge >= 0.3 is 17.9 Å². The van der Waals surface area contributed by atoms with Gasteiger partial charge in [0.15, 0.2) is 6.61 Å². The van der Waals surface area contributed by atoms with E-state index in [9.17, 15) is 24.7 Å². The maximum atomic E-state index is 13.2. The van der Waals surface area contributed by atoms with Gasteiger partial charge in [-0.05, 0) is 109 Å². The van der Waals surface area contributed by atoms with Crippen molar-refractivity contribution in [3.63, 3.8) is 0 Å². The summed E-state index contributed by atoms with van der Waals surface area (Å²) in [5.74, 6) is -0.746. The molecule has 4 fully saturated rings. The number of carbonyl (C=O) groups is 3. The summed E-state index contributed by atoms with van der Waals surface area (Å²) in [4.78, 5) is 39.1. The predicted octanol–water partition coefficient (Wildman–Crippen LogP) is 8.60. The smallest absolute Gasteiger partial charge is 0.310 e. The lowest BCUT2D eigenvalue weighted by Gasteiger charge is -2.71. The van der Waals surface area contributed by atoms with E-state index in [0.29, 0.717) is 23.1 Å². The standard InChI is InChI=1S/C43H58N2O8/c1-38(2)21-23-43(37(48)49)24-22-41(6)28(29(43)25-38)13-14-32-40(5)19-18-33(39(3,4)31(40)17-20-42(32,41)7)52-35(47)16-15-34(46)51-26-30-36(44-53-45(30)50)27-11-9-8-10-12-27/h8-13,29,31-33H,14-26H2,1-7H3,(H,48,49)/t29-,31-,32+,33-,40-,41+,42+,43-/m0/s1. The van der Waals surface area contributed by atoms with Crippen molar-refractivity contribution in [2.45, 2.75) is 138 Å². The van der Waals surface area contributed by atoms with Crippen LogP contribution in [-0.2, 0) is 30.5 Å². The molecule has 4 saturated carbocycles. The third-order valence-electron chi connectivity index (χ3n) is 15.9. The average molecular weight is 731 g/mol. The number of hydrogen-bond donors (Lipinski definition) is 1. The molecule has 0 aliphatic heterocycles. The number of hydrogen-bond acceptors (Lipinski definition) is 8. The Morgan fingerprint density at radius 3 is 2.32 bits per heavy atom. The van der Waals surface area contributed by atoms with Gasteiger partial charge in [0.05, 0.1) is 18.3 Å². The lowest BCUT2D eigenvalue weighted by Crippen LogP contribution is -2.65. The summed E-state index contributed by atoms with van der Waals surface area (Å²) in [7, 11) is 0. The topological polar surface area (TPSA) is 143 Å². The molecule has 0 unspecified atom stereocenters. The fourth-order valence-corrected chi connectivity index (χ4v) is 12.7. The van der Waals surface area contributed by atoms with Crippen LogP contribution in [0.25, 0.3) is 11.3 Å². The number of carboxylic acid groups (broad SMARTS) is 1. The van der Waals surface area contributed by atoms with Crippen LogP contribution in [0, 0.1) is 55.5 Å². The molecule has 0 bridgehead atoms. The first-order chi connectivity index (χ1) is 24.9. The van der Waals surface area contributed by atoms with Gasteiger partial charge in [-0.1, -0.05) is 90.4 Å². The van der Waals surface area contributed by atoms with Crippen molar-refractivity contribution in [3.8, 4) is 11.3 Å². The first-order valence-electron chi connectivity index (χ1n) is 19.8. The Morgan fingerprint density at radius 1 is 0.906 bits per heavy atom. The van der Waals surface area contributed by atoms with Crippen molar-refractivity contribution in [1.82, 2.24) is 5.16 Å². The summed E-state index contributed by atoms with van der Waals surface area (Å²) in [6.07, 6.45) is 11.1. The number of fused-ring (bicyclic) bond motifs is 7. The van der Waals surface area contributed by atoms with Gasteiger partial charge in [-0.3, -0.25) is 19.0 Å². The van der Waals surface area contributed by atoms with Gasteiger partial charge < -0.3 is 19.8 Å². The molecule has 1 aromatic heterocycles. The fraction of sp³-hybridized carbons (Fsp3) is 0.698. The fourth-order valence-electron chi connectivity index (χ4n) is 12.7. The second-order valence-electron chi connectivity index (χ2n) is 19.3. The molecular weight excluding hydrogens is 672 g/mol. The van der Waals surface area contributed by atoms with Crippen LogP contribution in [0.3, 0.4) is 0 Å². The van der Waals surface area contributed by atoms with E-state index in [1.54, 1.807) is 12.1 Å². The highest BCUT2D eigenvalue weighted by Crippen LogP contribution is 2.75. The summed E-state index contributed by atoms with van der Waals surface area (Å²) >= 11 is 0. The van der Waals surface area contributed by atoms with Crippen molar-refractivity contribution < 1.29 is 38.5 Å². The third kappa shape index (κ3) is 5.92. The summed E-state index contributed by atoms with van der Waals surface area (Å²) in [5, 5.41) is 26.7. The number of ether oxygens (including phenoxy) is 2. The third-order valence-corrected chi connectivity index (χ3v) is 15.9. The van der Waals surface area contributed by atoms with E-state index in [1.807, 2.05) is 18.2 Å². The molecule has 288 valence electrons. The van der Waals surface area contributed by atoms with E-state index in [2.05, 4.69) is 59.7 Å². The van der Waals surface area contributed by atoms with E-state index in [4.69, 9.17) is 14.1 Å². The Bertz CT molecular complexity index is 1800. The first kappa shape index (κ1) is 37.6. The zero-order chi connectivity index (χ0) is 38.2. The van der Waals surface area contributed by atoms with Gasteiger partial charge in [0.2, 0.25) is 5.69 Å². The molecule has 0 radical (unpaired) electrons. The van der Waals surface area contributed by atoms with Crippen LogP contribution in [0.1, 0.15) is 131 Å². The number of carbonyl (C=O) groups excluding carboxylic acids is 2. The number of nitrogens with zero attached hydrogens (tertiary/aromatic N) is 2. The molecule has 10 heteroatoms. The van der Waals surface area contributed by atoms with Crippen LogP contribution in [-0.4, -0.2) is 34.3 Å². The molecule has 5 aliphatic carbocycles. The molecule has 0 amide bonds. The summed E-state index contributed by atoms with van der Waals surface area (Å²) < 4.78 is 16.3. The zero-order valence-corrected chi connectivity index (χ0v) is 32.7. The van der Waals surface area contributed by atoms with Crippen LogP contribution in [0.4, 0.5) is 0 Å². The number of aliphatic carboxylic acids is 1. The lowest BCUT2D eigenvalue weighted by atomic mass is 9.33. The molecule has 8 atom stereocenters. The van der Waals surface area contributed by atoms with E-state index >= 15 is 0 Å². The molecule has 1 heterocycles. The zero-order valence-electron chi connectivity index (χ0n) is 32.7. The number of carboxylic acids is 1. The molecule has 10 nitrogen and oxygen atoms in total. The molecule has 53 heavy (non-hydrogen) atoms. The Labute approximate surface area is 313 Å². The van der Waals surface area contributed by atoms with E-state index in [1.165, 1.54) is 5.57 Å². The lowest BCUT2D eigenvalue weighted by molar-refractivity contribution is -0.808. The normalized spacial score (nSPS) is 36.8. The van der Waals surface area contributed by atoms with Gasteiger partial charge in [0.25, 0.3) is 5.69 Å². The van der Waals surface area contributed by atoms with Gasteiger partial charge in [-0.2, -0.15) is 0 Å². The maximum Gasteiger partial charge on any atom is 0.310 e.